The van der Waals surface area contributed by atoms with Gasteiger partial charge in [-0.2, -0.15) is 0 Å². The summed E-state index contributed by atoms with van der Waals surface area (Å²) in [6.07, 6.45) is 0.804. The second kappa shape index (κ2) is 7.53. The fourth-order valence-corrected chi connectivity index (χ4v) is 4.56. The molecule has 0 saturated carbocycles. The first-order valence-corrected chi connectivity index (χ1v) is 9.93. The van der Waals surface area contributed by atoms with Crippen molar-refractivity contribution in [1.82, 2.24) is 4.90 Å². The van der Waals surface area contributed by atoms with Gasteiger partial charge in [0.1, 0.15) is 0 Å². The van der Waals surface area contributed by atoms with Crippen LogP contribution in [0.4, 0.5) is 11.4 Å². The predicted molar refractivity (Wildman–Crippen MR) is 110 cm³/mol. The van der Waals surface area contributed by atoms with Gasteiger partial charge in [0.25, 0.3) is 5.69 Å². The molecule has 0 aromatic heterocycles. The van der Waals surface area contributed by atoms with E-state index in [9.17, 15) is 15.2 Å². The quantitative estimate of drug-likeness (QED) is 0.654. The maximum atomic E-state index is 11.1. The van der Waals surface area contributed by atoms with Crippen LogP contribution in [0.25, 0.3) is 0 Å². The van der Waals surface area contributed by atoms with Crippen molar-refractivity contribution in [3.63, 3.8) is 0 Å². The Morgan fingerprint density at radius 1 is 1.00 bits per heavy atom. The van der Waals surface area contributed by atoms with Gasteiger partial charge < -0.3 is 10.0 Å². The average molecular weight is 381 g/mol. The van der Waals surface area contributed by atoms with Gasteiger partial charge in [-0.3, -0.25) is 15.0 Å². The zero-order valence-corrected chi connectivity index (χ0v) is 16.5. The number of piperazine rings is 1. The van der Waals surface area contributed by atoms with Crippen LogP contribution in [-0.4, -0.2) is 53.3 Å². The second-order valence-electron chi connectivity index (χ2n) is 8.07. The van der Waals surface area contributed by atoms with Gasteiger partial charge in [0, 0.05) is 56.5 Å². The number of hydrogen-bond acceptors (Lipinski definition) is 5. The summed E-state index contributed by atoms with van der Waals surface area (Å²) < 4.78 is 0. The largest absolute Gasteiger partial charge is 0.391 e. The molecule has 148 valence electrons. The average Bonchev–Trinajstić information content (AvgIpc) is 2.69. The Hall–Kier alpha value is -2.44. The van der Waals surface area contributed by atoms with Crippen molar-refractivity contribution in [2.45, 2.75) is 38.8 Å². The summed E-state index contributed by atoms with van der Waals surface area (Å²) in [4.78, 5) is 15.5. The molecule has 1 heterocycles. The number of non-ortho nitro benzene ring substituents is 1. The highest BCUT2D eigenvalue weighted by Crippen LogP contribution is 2.30. The summed E-state index contributed by atoms with van der Waals surface area (Å²) in [5.74, 6) is 0. The van der Waals surface area contributed by atoms with E-state index in [1.54, 1.807) is 12.1 Å². The lowest BCUT2D eigenvalue weighted by atomic mass is 9.85. The molecule has 2 aromatic rings. The number of benzene rings is 2. The summed E-state index contributed by atoms with van der Waals surface area (Å²) in [7, 11) is 0. The number of fused-ring (bicyclic) bond motifs is 1. The number of aliphatic hydroxyl groups excluding tert-OH is 1. The lowest BCUT2D eigenvalue weighted by molar-refractivity contribution is -0.385. The number of rotatable bonds is 3. The summed E-state index contributed by atoms with van der Waals surface area (Å²) in [6.45, 7) is 7.90. The number of aliphatic hydroxyl groups is 1. The summed E-state index contributed by atoms with van der Waals surface area (Å²) in [5, 5.41) is 21.8. The molecule has 1 fully saturated rings. The zero-order chi connectivity index (χ0) is 19.8. The molecule has 1 saturated heterocycles. The topological polar surface area (TPSA) is 69.9 Å². The first kappa shape index (κ1) is 18.9. The van der Waals surface area contributed by atoms with E-state index >= 15 is 0 Å². The van der Waals surface area contributed by atoms with E-state index in [-0.39, 0.29) is 16.7 Å². The summed E-state index contributed by atoms with van der Waals surface area (Å²) >= 11 is 0. The van der Waals surface area contributed by atoms with E-state index in [1.807, 2.05) is 0 Å². The number of nitro groups is 1. The highest BCUT2D eigenvalue weighted by molar-refractivity contribution is 5.55. The fourth-order valence-electron chi connectivity index (χ4n) is 4.56. The Balaban J connectivity index is 1.46. The monoisotopic (exact) mass is 381 g/mol. The number of nitro benzene ring substituents is 1. The lowest BCUT2D eigenvalue weighted by Crippen LogP contribution is -2.56. The van der Waals surface area contributed by atoms with Crippen molar-refractivity contribution in [3.8, 4) is 0 Å². The normalized spacial score (nSPS) is 22.8. The van der Waals surface area contributed by atoms with Crippen molar-refractivity contribution < 1.29 is 10.0 Å². The maximum absolute atomic E-state index is 11.1. The molecule has 2 unspecified atom stereocenters. The summed E-state index contributed by atoms with van der Waals surface area (Å²) in [5.41, 5.74) is 6.02. The van der Waals surface area contributed by atoms with Crippen molar-refractivity contribution >= 4 is 11.4 Å². The fraction of sp³-hybridized carbons (Fsp3) is 0.455. The van der Waals surface area contributed by atoms with Crippen LogP contribution in [0.5, 0.6) is 0 Å². The van der Waals surface area contributed by atoms with Crippen LogP contribution in [0, 0.1) is 24.0 Å². The molecule has 28 heavy (non-hydrogen) atoms. The predicted octanol–water partition coefficient (Wildman–Crippen LogP) is 2.86. The third-order valence-corrected chi connectivity index (χ3v) is 6.19. The lowest BCUT2D eigenvalue weighted by Gasteiger charge is -2.44. The molecule has 0 amide bonds. The Morgan fingerprint density at radius 3 is 2.46 bits per heavy atom. The third-order valence-electron chi connectivity index (χ3n) is 6.19. The van der Waals surface area contributed by atoms with Crippen LogP contribution in [-0.2, 0) is 12.8 Å². The molecule has 2 aromatic carbocycles. The molecule has 2 aliphatic rings. The molecule has 0 radical (unpaired) electrons. The molecular weight excluding hydrogens is 354 g/mol. The van der Waals surface area contributed by atoms with Gasteiger partial charge in [-0.15, -0.1) is 0 Å². The van der Waals surface area contributed by atoms with E-state index in [2.05, 4.69) is 41.8 Å². The van der Waals surface area contributed by atoms with Crippen molar-refractivity contribution in [2.75, 3.05) is 31.1 Å². The maximum Gasteiger partial charge on any atom is 0.269 e. The van der Waals surface area contributed by atoms with Gasteiger partial charge in [-0.05, 0) is 48.6 Å². The minimum absolute atomic E-state index is 0.0234. The van der Waals surface area contributed by atoms with Crippen molar-refractivity contribution in [3.05, 3.63) is 68.8 Å². The first-order valence-electron chi connectivity index (χ1n) is 9.93. The van der Waals surface area contributed by atoms with Crippen LogP contribution in [0.1, 0.15) is 22.3 Å². The Labute approximate surface area is 165 Å². The number of anilines is 1. The third kappa shape index (κ3) is 3.62. The van der Waals surface area contributed by atoms with Crippen molar-refractivity contribution in [1.29, 1.82) is 0 Å². The molecule has 1 aliphatic carbocycles. The van der Waals surface area contributed by atoms with Gasteiger partial charge in [-0.1, -0.05) is 18.2 Å². The Kier molecular flexibility index (Phi) is 5.08. The minimum Gasteiger partial charge on any atom is -0.391 e. The van der Waals surface area contributed by atoms with Crippen LogP contribution in [0.2, 0.25) is 0 Å². The van der Waals surface area contributed by atoms with Gasteiger partial charge in [0.15, 0.2) is 0 Å². The van der Waals surface area contributed by atoms with Gasteiger partial charge in [0.05, 0.1) is 11.0 Å². The van der Waals surface area contributed by atoms with E-state index in [1.165, 1.54) is 22.9 Å². The summed E-state index contributed by atoms with van der Waals surface area (Å²) in [6, 6.07) is 11.6. The molecule has 6 nitrogen and oxygen atoms in total. The van der Waals surface area contributed by atoms with E-state index in [4.69, 9.17) is 0 Å². The van der Waals surface area contributed by atoms with Crippen LogP contribution >= 0.6 is 0 Å². The second-order valence-corrected chi connectivity index (χ2v) is 8.07. The highest BCUT2D eigenvalue weighted by atomic mass is 16.6. The molecule has 0 bridgehead atoms. The van der Waals surface area contributed by atoms with E-state index < -0.39 is 6.10 Å². The Morgan fingerprint density at radius 2 is 1.75 bits per heavy atom. The molecule has 0 spiro atoms. The minimum atomic E-state index is -0.429. The molecule has 4 rings (SSSR count). The van der Waals surface area contributed by atoms with Crippen LogP contribution < -0.4 is 4.90 Å². The van der Waals surface area contributed by atoms with Gasteiger partial charge in [-0.25, -0.2) is 0 Å². The molecule has 2 atom stereocenters. The molecule has 6 heteroatoms. The van der Waals surface area contributed by atoms with Crippen LogP contribution in [0.3, 0.4) is 0 Å². The first-order chi connectivity index (χ1) is 13.4. The smallest absolute Gasteiger partial charge is 0.269 e. The van der Waals surface area contributed by atoms with Gasteiger partial charge >= 0.3 is 0 Å². The Bertz CT molecular complexity index is 891. The van der Waals surface area contributed by atoms with Gasteiger partial charge in [0.2, 0.25) is 0 Å². The molecular formula is C22H27N3O3. The van der Waals surface area contributed by atoms with E-state index in [0.29, 0.717) is 12.8 Å². The number of hydrogen-bond donors (Lipinski definition) is 1. The SMILES string of the molecule is Cc1ccc(C)c(N2CCN(C3Cc4cc([N+](=O)[O-])ccc4CC3O)CC2)c1. The van der Waals surface area contributed by atoms with Crippen molar-refractivity contribution in [2.24, 2.45) is 0 Å². The molecule has 1 aliphatic heterocycles. The zero-order valence-electron chi connectivity index (χ0n) is 16.5. The highest BCUT2D eigenvalue weighted by Gasteiger charge is 2.34. The number of nitrogens with zero attached hydrogens (tertiary/aromatic N) is 3. The molecule has 1 N–H and O–H groups in total. The number of aryl methyl sites for hydroxylation is 2. The standard InChI is InChI=1S/C22H27N3O3/c1-15-3-4-16(2)20(11-15)23-7-9-24(10-8-23)21-13-18-12-19(25(27)28)6-5-17(18)14-22(21)26/h3-6,11-12,21-22,26H,7-10,13-14H2,1-2H3. The van der Waals surface area contributed by atoms with Crippen LogP contribution in [0.15, 0.2) is 36.4 Å². The van der Waals surface area contributed by atoms with E-state index in [0.717, 1.165) is 37.3 Å².